The first-order valence-electron chi connectivity index (χ1n) is 11.4. The van der Waals surface area contributed by atoms with Crippen molar-refractivity contribution in [1.82, 2.24) is 10.8 Å². The summed E-state index contributed by atoms with van der Waals surface area (Å²) in [6.45, 7) is 1.80. The number of benzene rings is 1. The number of amides is 1. The molecule has 1 aromatic rings. The highest BCUT2D eigenvalue weighted by atomic mass is 35.5. The van der Waals surface area contributed by atoms with Crippen LogP contribution in [0.5, 0.6) is 0 Å². The van der Waals surface area contributed by atoms with Crippen LogP contribution in [0, 0.1) is 17.7 Å². The average molecular weight is 507 g/mol. The zero-order chi connectivity index (χ0) is 24.9. The predicted octanol–water partition coefficient (Wildman–Crippen LogP) is 3.94. The molecule has 1 aliphatic heterocycles. The summed E-state index contributed by atoms with van der Waals surface area (Å²) in [7, 11) is 0. The fourth-order valence-corrected chi connectivity index (χ4v) is 5.97. The molecule has 11 heteroatoms. The third-order valence-electron chi connectivity index (χ3n) is 7.77. The number of hydrogen-bond acceptors (Lipinski definition) is 5. The van der Waals surface area contributed by atoms with Gasteiger partial charge >= 0.3 is 12.1 Å². The largest absolute Gasteiger partial charge is 0.426 e. The molecule has 1 saturated heterocycles. The zero-order valence-corrected chi connectivity index (χ0v) is 19.3. The lowest BCUT2D eigenvalue weighted by Gasteiger charge is -2.48. The Morgan fingerprint density at radius 3 is 2.65 bits per heavy atom. The van der Waals surface area contributed by atoms with Crippen LogP contribution in [0.3, 0.4) is 0 Å². The van der Waals surface area contributed by atoms with E-state index in [0.29, 0.717) is 12.8 Å². The Hall–Kier alpha value is -1.91. The monoisotopic (exact) mass is 506 g/mol. The quantitative estimate of drug-likeness (QED) is 0.527. The lowest BCUT2D eigenvalue weighted by atomic mass is 9.59. The van der Waals surface area contributed by atoms with Crippen LogP contribution in [-0.2, 0) is 19.8 Å². The van der Waals surface area contributed by atoms with E-state index in [0.717, 1.165) is 12.1 Å². The zero-order valence-electron chi connectivity index (χ0n) is 18.6. The number of nitrogens with one attached hydrogen (secondary N) is 2. The van der Waals surface area contributed by atoms with Gasteiger partial charge in [0.2, 0.25) is 5.60 Å². The van der Waals surface area contributed by atoms with Crippen LogP contribution >= 0.6 is 11.6 Å². The van der Waals surface area contributed by atoms with Gasteiger partial charge in [0.1, 0.15) is 5.82 Å². The number of hydrogen-bond donors (Lipinski definition) is 3. The van der Waals surface area contributed by atoms with Crippen molar-refractivity contribution in [3.63, 3.8) is 0 Å². The SMILES string of the molecule is CC1NOC(=O)C2CCC(NC(=O)C(O)(CC3(c4cc(F)ccc4Cl)CCC3)C(F)(F)F)CC12. The minimum Gasteiger partial charge on any atom is -0.373 e. The smallest absolute Gasteiger partial charge is 0.373 e. The fraction of sp³-hybridized carbons (Fsp3) is 0.652. The molecule has 4 rings (SSSR count). The van der Waals surface area contributed by atoms with Crippen molar-refractivity contribution in [3.05, 3.63) is 34.6 Å². The van der Waals surface area contributed by atoms with Crippen molar-refractivity contribution in [2.24, 2.45) is 11.8 Å². The Bertz CT molecular complexity index is 971. The second-order valence-electron chi connectivity index (χ2n) is 9.87. The molecule has 2 saturated carbocycles. The number of fused-ring (bicyclic) bond motifs is 1. The molecule has 0 aromatic heterocycles. The van der Waals surface area contributed by atoms with E-state index in [4.69, 9.17) is 16.4 Å². The summed E-state index contributed by atoms with van der Waals surface area (Å²) in [6.07, 6.45) is -4.27. The summed E-state index contributed by atoms with van der Waals surface area (Å²) in [6, 6.07) is 2.58. The molecule has 0 radical (unpaired) electrons. The molecule has 188 valence electrons. The molecule has 2 aliphatic carbocycles. The van der Waals surface area contributed by atoms with Crippen LogP contribution in [0.15, 0.2) is 18.2 Å². The molecule has 5 unspecified atom stereocenters. The maximum absolute atomic E-state index is 14.2. The normalized spacial score (nSPS) is 30.4. The lowest BCUT2D eigenvalue weighted by molar-refractivity contribution is -0.260. The van der Waals surface area contributed by atoms with Crippen molar-refractivity contribution in [2.45, 2.75) is 81.1 Å². The molecule has 1 aromatic carbocycles. The highest BCUT2D eigenvalue weighted by Gasteiger charge is 2.64. The van der Waals surface area contributed by atoms with E-state index in [9.17, 15) is 32.3 Å². The summed E-state index contributed by atoms with van der Waals surface area (Å²) in [4.78, 5) is 29.9. The van der Waals surface area contributed by atoms with E-state index >= 15 is 0 Å². The second kappa shape index (κ2) is 8.95. The molecular weight excluding hydrogens is 480 g/mol. The lowest BCUT2D eigenvalue weighted by Crippen LogP contribution is -2.63. The molecule has 1 amide bonds. The van der Waals surface area contributed by atoms with Crippen molar-refractivity contribution in [2.75, 3.05) is 0 Å². The standard InChI is InChI=1S/C23H27ClF4N2O4/c1-12-16-10-14(4-5-15(16)19(31)34-30-12)29-20(32)22(33,23(26,27)28)11-21(7-2-8-21)17-9-13(25)3-6-18(17)24/h3,6,9,12,14-16,30,33H,2,4-5,7-8,10-11H2,1H3,(H,29,32). The summed E-state index contributed by atoms with van der Waals surface area (Å²) in [5.74, 6) is -3.22. The summed E-state index contributed by atoms with van der Waals surface area (Å²) in [5, 5.41) is 13.3. The summed E-state index contributed by atoms with van der Waals surface area (Å²) < 4.78 is 56.5. The van der Waals surface area contributed by atoms with Gasteiger partial charge in [-0.25, -0.2) is 4.39 Å². The average Bonchev–Trinajstić information content (AvgIpc) is 2.74. The van der Waals surface area contributed by atoms with E-state index < -0.39 is 47.3 Å². The van der Waals surface area contributed by atoms with E-state index in [2.05, 4.69) is 10.8 Å². The van der Waals surface area contributed by atoms with E-state index in [-0.39, 0.29) is 54.1 Å². The van der Waals surface area contributed by atoms with Gasteiger partial charge in [0.25, 0.3) is 5.91 Å². The maximum atomic E-state index is 14.2. The number of carbonyl (C=O) groups excluding carboxylic acids is 2. The molecule has 0 bridgehead atoms. The van der Waals surface area contributed by atoms with Crippen LogP contribution in [0.4, 0.5) is 17.6 Å². The molecule has 1 heterocycles. The van der Waals surface area contributed by atoms with Gasteiger partial charge in [-0.1, -0.05) is 18.0 Å². The predicted molar refractivity (Wildman–Crippen MR) is 114 cm³/mol. The van der Waals surface area contributed by atoms with Crippen LogP contribution in [-0.4, -0.2) is 40.8 Å². The fourth-order valence-electron chi connectivity index (χ4n) is 5.65. The minimum absolute atomic E-state index is 0.0926. The van der Waals surface area contributed by atoms with Crippen LogP contribution in [0.2, 0.25) is 5.02 Å². The first-order chi connectivity index (χ1) is 15.9. The van der Waals surface area contributed by atoms with Crippen molar-refractivity contribution in [1.29, 1.82) is 0 Å². The van der Waals surface area contributed by atoms with Crippen LogP contribution < -0.4 is 10.8 Å². The van der Waals surface area contributed by atoms with Gasteiger partial charge in [-0.2, -0.15) is 13.2 Å². The number of rotatable bonds is 5. The Kier molecular flexibility index (Phi) is 6.63. The highest BCUT2D eigenvalue weighted by Crippen LogP contribution is 2.53. The number of alkyl halides is 3. The van der Waals surface area contributed by atoms with Crippen molar-refractivity contribution >= 4 is 23.5 Å². The van der Waals surface area contributed by atoms with Crippen molar-refractivity contribution in [3.8, 4) is 0 Å². The van der Waals surface area contributed by atoms with E-state index in [1.165, 1.54) is 6.07 Å². The first-order valence-corrected chi connectivity index (χ1v) is 11.8. The van der Waals surface area contributed by atoms with Crippen LogP contribution in [0.1, 0.15) is 57.4 Å². The Labute approximate surface area is 199 Å². The number of aliphatic hydroxyl groups is 1. The number of carbonyl (C=O) groups is 2. The number of hydroxylamine groups is 1. The van der Waals surface area contributed by atoms with Gasteiger partial charge in [0.05, 0.1) is 5.92 Å². The minimum atomic E-state index is -5.26. The summed E-state index contributed by atoms with van der Waals surface area (Å²) in [5.41, 5.74) is -2.20. The molecule has 5 atom stereocenters. The highest BCUT2D eigenvalue weighted by molar-refractivity contribution is 6.31. The third kappa shape index (κ3) is 4.40. The van der Waals surface area contributed by atoms with Gasteiger partial charge in [0, 0.05) is 28.9 Å². The Balaban J connectivity index is 1.56. The second-order valence-corrected chi connectivity index (χ2v) is 10.3. The summed E-state index contributed by atoms with van der Waals surface area (Å²) >= 11 is 6.19. The van der Waals surface area contributed by atoms with E-state index in [1.807, 2.05) is 0 Å². The molecule has 0 spiro atoms. The molecule has 3 fully saturated rings. The first kappa shape index (κ1) is 25.2. The van der Waals surface area contributed by atoms with Crippen molar-refractivity contribution < 1.29 is 37.1 Å². The topological polar surface area (TPSA) is 87.7 Å². The van der Waals surface area contributed by atoms with Gasteiger partial charge in [-0.3, -0.25) is 9.59 Å². The third-order valence-corrected chi connectivity index (χ3v) is 8.10. The molecule has 34 heavy (non-hydrogen) atoms. The van der Waals surface area contributed by atoms with Gasteiger partial charge in [0.15, 0.2) is 0 Å². The van der Waals surface area contributed by atoms with Crippen LogP contribution in [0.25, 0.3) is 0 Å². The number of halogens is 5. The molecule has 3 aliphatic rings. The molecule has 3 N–H and O–H groups in total. The van der Waals surface area contributed by atoms with Gasteiger partial charge in [-0.15, -0.1) is 5.48 Å². The Morgan fingerprint density at radius 2 is 2.03 bits per heavy atom. The van der Waals surface area contributed by atoms with Gasteiger partial charge < -0.3 is 15.3 Å². The van der Waals surface area contributed by atoms with Gasteiger partial charge in [-0.05, 0) is 68.7 Å². The Morgan fingerprint density at radius 1 is 1.32 bits per heavy atom. The maximum Gasteiger partial charge on any atom is 0.426 e. The molecule has 6 nitrogen and oxygen atoms in total. The molecular formula is C23H27ClF4N2O4. The van der Waals surface area contributed by atoms with E-state index in [1.54, 1.807) is 6.92 Å².